The van der Waals surface area contributed by atoms with Crippen LogP contribution in [0.1, 0.15) is 12.5 Å². The number of amides is 1. The fourth-order valence-electron chi connectivity index (χ4n) is 1.82. The van der Waals surface area contributed by atoms with E-state index in [2.05, 4.69) is 10.3 Å². The molecule has 0 bridgehead atoms. The first kappa shape index (κ1) is 11.6. The summed E-state index contributed by atoms with van der Waals surface area (Å²) in [6.45, 7) is 1.85. The van der Waals surface area contributed by atoms with Crippen LogP contribution in [0.25, 0.3) is 10.9 Å². The highest BCUT2D eigenvalue weighted by Crippen LogP contribution is 2.23. The van der Waals surface area contributed by atoms with Crippen molar-refractivity contribution < 1.29 is 13.6 Å². The van der Waals surface area contributed by atoms with Crippen LogP contribution in [0.4, 0.5) is 8.78 Å². The van der Waals surface area contributed by atoms with E-state index in [-0.39, 0.29) is 5.91 Å². The monoisotopic (exact) mass is 238 g/mol. The molecule has 1 amide bonds. The third kappa shape index (κ3) is 2.43. The van der Waals surface area contributed by atoms with Crippen LogP contribution in [-0.2, 0) is 11.2 Å². The van der Waals surface area contributed by atoms with E-state index in [1.54, 1.807) is 6.20 Å². The van der Waals surface area contributed by atoms with Crippen LogP contribution in [0.15, 0.2) is 18.3 Å². The van der Waals surface area contributed by atoms with E-state index in [9.17, 15) is 13.6 Å². The first-order valence-electron chi connectivity index (χ1n) is 5.27. The van der Waals surface area contributed by atoms with E-state index in [0.717, 1.165) is 11.6 Å². The van der Waals surface area contributed by atoms with Gasteiger partial charge in [-0.25, -0.2) is 8.78 Å². The third-order valence-electron chi connectivity index (χ3n) is 2.55. The summed E-state index contributed by atoms with van der Waals surface area (Å²) in [5, 5.41) is 3.02. The van der Waals surface area contributed by atoms with Gasteiger partial charge < -0.3 is 10.3 Å². The average Bonchev–Trinajstić information content (AvgIpc) is 2.60. The van der Waals surface area contributed by atoms with Crippen LogP contribution in [-0.4, -0.2) is 17.4 Å². The molecule has 2 N–H and O–H groups in total. The van der Waals surface area contributed by atoms with Crippen LogP contribution in [0.5, 0.6) is 0 Å². The predicted octanol–water partition coefficient (Wildman–Crippen LogP) is 2.12. The number of benzene rings is 1. The molecule has 3 nitrogen and oxygen atoms in total. The zero-order chi connectivity index (χ0) is 12.4. The van der Waals surface area contributed by atoms with Gasteiger partial charge >= 0.3 is 0 Å². The van der Waals surface area contributed by atoms with Crippen molar-refractivity contribution in [2.75, 3.05) is 6.54 Å². The standard InChI is InChI=1S/C12H12F2N2O/c1-7(17)15-3-2-8-6-16-11-5-9(13)4-10(14)12(8)11/h4-6,16H,2-3H2,1H3,(H,15,17). The minimum absolute atomic E-state index is 0.128. The van der Waals surface area contributed by atoms with Gasteiger partial charge in [0.25, 0.3) is 0 Å². The number of nitrogens with one attached hydrogen (secondary N) is 2. The van der Waals surface area contributed by atoms with E-state index in [1.165, 1.54) is 13.0 Å². The Kier molecular flexibility index (Phi) is 3.08. The lowest BCUT2D eigenvalue weighted by atomic mass is 10.1. The number of fused-ring (bicyclic) bond motifs is 1. The van der Waals surface area contributed by atoms with Crippen molar-refractivity contribution in [2.45, 2.75) is 13.3 Å². The number of aromatic amines is 1. The Morgan fingerprint density at radius 1 is 1.41 bits per heavy atom. The minimum atomic E-state index is -0.606. The second-order valence-electron chi connectivity index (χ2n) is 3.86. The molecule has 0 fully saturated rings. The van der Waals surface area contributed by atoms with Crippen LogP contribution < -0.4 is 5.32 Å². The van der Waals surface area contributed by atoms with Gasteiger partial charge in [0.2, 0.25) is 5.91 Å². The molecule has 0 atom stereocenters. The Bertz CT molecular complexity index is 563. The van der Waals surface area contributed by atoms with Crippen LogP contribution in [0.2, 0.25) is 0 Å². The number of rotatable bonds is 3. The second kappa shape index (κ2) is 4.53. The summed E-state index contributed by atoms with van der Waals surface area (Å²) in [5.41, 5.74) is 1.16. The summed E-state index contributed by atoms with van der Waals surface area (Å²) in [7, 11) is 0. The van der Waals surface area contributed by atoms with Crippen molar-refractivity contribution >= 4 is 16.8 Å². The Morgan fingerprint density at radius 2 is 2.18 bits per heavy atom. The molecular weight excluding hydrogens is 226 g/mol. The molecule has 1 aromatic heterocycles. The normalized spacial score (nSPS) is 10.8. The SMILES string of the molecule is CC(=O)NCCc1c[nH]c2cc(F)cc(F)c12. The molecule has 0 radical (unpaired) electrons. The smallest absolute Gasteiger partial charge is 0.216 e. The fourth-order valence-corrected chi connectivity index (χ4v) is 1.82. The largest absolute Gasteiger partial charge is 0.361 e. The Morgan fingerprint density at radius 3 is 2.88 bits per heavy atom. The van der Waals surface area contributed by atoms with Gasteiger partial charge in [-0.1, -0.05) is 0 Å². The summed E-state index contributed by atoms with van der Waals surface area (Å²) < 4.78 is 26.5. The van der Waals surface area contributed by atoms with Crippen molar-refractivity contribution in [2.24, 2.45) is 0 Å². The lowest BCUT2D eigenvalue weighted by molar-refractivity contribution is -0.118. The molecule has 17 heavy (non-hydrogen) atoms. The molecule has 0 unspecified atom stereocenters. The van der Waals surface area contributed by atoms with E-state index >= 15 is 0 Å². The van der Waals surface area contributed by atoms with Gasteiger partial charge in [-0.05, 0) is 18.1 Å². The Hall–Kier alpha value is -1.91. The number of halogens is 2. The average molecular weight is 238 g/mol. The predicted molar refractivity (Wildman–Crippen MR) is 60.6 cm³/mol. The van der Waals surface area contributed by atoms with Crippen molar-refractivity contribution in [3.63, 3.8) is 0 Å². The quantitative estimate of drug-likeness (QED) is 0.845. The first-order valence-corrected chi connectivity index (χ1v) is 5.27. The summed E-state index contributed by atoms with van der Waals surface area (Å²) in [4.78, 5) is 13.5. The lowest BCUT2D eigenvalue weighted by Crippen LogP contribution is -2.22. The van der Waals surface area contributed by atoms with E-state index < -0.39 is 11.6 Å². The van der Waals surface area contributed by atoms with Crippen molar-refractivity contribution in [1.82, 2.24) is 10.3 Å². The maximum atomic E-state index is 13.6. The molecule has 90 valence electrons. The molecule has 0 saturated heterocycles. The highest BCUT2D eigenvalue weighted by atomic mass is 19.1. The van der Waals surface area contributed by atoms with Crippen LogP contribution in [0.3, 0.4) is 0 Å². The van der Waals surface area contributed by atoms with E-state index in [4.69, 9.17) is 0 Å². The summed E-state index contributed by atoms with van der Waals surface area (Å²) in [6.07, 6.45) is 2.14. The molecule has 2 aromatic rings. The number of H-pyrrole nitrogens is 1. The first-order chi connectivity index (χ1) is 8.08. The lowest BCUT2D eigenvalue weighted by Gasteiger charge is -2.02. The Balaban J connectivity index is 2.26. The molecular formula is C12H12F2N2O. The number of hydrogen-bond donors (Lipinski definition) is 2. The maximum Gasteiger partial charge on any atom is 0.216 e. The van der Waals surface area contributed by atoms with E-state index in [1.807, 2.05) is 0 Å². The summed E-state index contributed by atoms with van der Waals surface area (Å²) in [5.74, 6) is -1.32. The fraction of sp³-hybridized carbons (Fsp3) is 0.250. The van der Waals surface area contributed by atoms with Crippen molar-refractivity contribution in [3.05, 3.63) is 35.5 Å². The summed E-state index contributed by atoms with van der Waals surface area (Å²) >= 11 is 0. The van der Waals surface area contributed by atoms with E-state index in [0.29, 0.717) is 23.9 Å². The maximum absolute atomic E-state index is 13.6. The molecule has 0 aliphatic heterocycles. The minimum Gasteiger partial charge on any atom is -0.361 e. The van der Waals surface area contributed by atoms with Crippen molar-refractivity contribution in [3.8, 4) is 0 Å². The Labute approximate surface area is 96.8 Å². The zero-order valence-corrected chi connectivity index (χ0v) is 9.31. The van der Waals surface area contributed by atoms with Gasteiger partial charge in [0.15, 0.2) is 0 Å². The van der Waals surface area contributed by atoms with Crippen molar-refractivity contribution in [1.29, 1.82) is 0 Å². The molecule has 0 aliphatic carbocycles. The topological polar surface area (TPSA) is 44.9 Å². The van der Waals surface area contributed by atoms with Crippen LogP contribution in [0, 0.1) is 11.6 Å². The number of hydrogen-bond acceptors (Lipinski definition) is 1. The van der Waals surface area contributed by atoms with Gasteiger partial charge in [0.1, 0.15) is 11.6 Å². The molecule has 1 aromatic carbocycles. The molecule has 5 heteroatoms. The van der Waals surface area contributed by atoms with Crippen LogP contribution >= 0.6 is 0 Å². The van der Waals surface area contributed by atoms with Gasteiger partial charge in [0.05, 0.1) is 5.52 Å². The highest BCUT2D eigenvalue weighted by Gasteiger charge is 2.10. The molecule has 0 spiro atoms. The zero-order valence-electron chi connectivity index (χ0n) is 9.31. The summed E-state index contributed by atoms with van der Waals surface area (Å²) in [6, 6.07) is 2.11. The number of carbonyl (C=O) groups excluding carboxylic acids is 1. The third-order valence-corrected chi connectivity index (χ3v) is 2.55. The van der Waals surface area contributed by atoms with Gasteiger partial charge in [0, 0.05) is 31.1 Å². The molecule has 0 saturated carbocycles. The number of aromatic nitrogens is 1. The molecule has 1 heterocycles. The molecule has 2 rings (SSSR count). The number of carbonyl (C=O) groups is 1. The van der Waals surface area contributed by atoms with Gasteiger partial charge in [-0.3, -0.25) is 4.79 Å². The highest BCUT2D eigenvalue weighted by molar-refractivity contribution is 5.84. The molecule has 0 aliphatic rings. The van der Waals surface area contributed by atoms with Gasteiger partial charge in [-0.2, -0.15) is 0 Å². The second-order valence-corrected chi connectivity index (χ2v) is 3.86. The van der Waals surface area contributed by atoms with Gasteiger partial charge in [-0.15, -0.1) is 0 Å².